The first-order chi connectivity index (χ1) is 16.6. The molecular formula is C26H23N5O2S. The highest BCUT2D eigenvalue weighted by molar-refractivity contribution is 7.80. The maximum atomic E-state index is 5.88. The van der Waals surface area contributed by atoms with Crippen LogP contribution in [0.15, 0.2) is 73.1 Å². The molecule has 1 fully saturated rings. The monoisotopic (exact) mass is 469 g/mol. The molecule has 8 heteroatoms. The molecule has 0 aliphatic carbocycles. The summed E-state index contributed by atoms with van der Waals surface area (Å²) in [5, 5.41) is 4.17. The van der Waals surface area contributed by atoms with Crippen LogP contribution in [0.5, 0.6) is 11.5 Å². The Kier molecular flexibility index (Phi) is 4.95. The van der Waals surface area contributed by atoms with Crippen LogP contribution < -0.4 is 19.7 Å². The van der Waals surface area contributed by atoms with E-state index in [4.69, 9.17) is 21.7 Å². The van der Waals surface area contributed by atoms with Crippen molar-refractivity contribution in [3.8, 4) is 17.3 Å². The van der Waals surface area contributed by atoms with Gasteiger partial charge in [-0.25, -0.2) is 4.98 Å². The Morgan fingerprint density at radius 2 is 1.74 bits per heavy atom. The van der Waals surface area contributed by atoms with Crippen LogP contribution in [0.3, 0.4) is 0 Å². The molecule has 1 aromatic carbocycles. The van der Waals surface area contributed by atoms with E-state index in [1.807, 2.05) is 67.0 Å². The van der Waals surface area contributed by atoms with Gasteiger partial charge < -0.3 is 24.3 Å². The smallest absolute Gasteiger partial charge is 0.231 e. The van der Waals surface area contributed by atoms with Crippen molar-refractivity contribution in [2.45, 2.75) is 25.9 Å². The Labute approximate surface area is 203 Å². The molecular weight excluding hydrogens is 446 g/mol. The Hall–Kier alpha value is -3.91. The summed E-state index contributed by atoms with van der Waals surface area (Å²) in [6.45, 7) is 4.46. The first-order valence-corrected chi connectivity index (χ1v) is 11.5. The van der Waals surface area contributed by atoms with Crippen molar-refractivity contribution >= 4 is 23.0 Å². The molecule has 2 atom stereocenters. The molecule has 2 unspecified atom stereocenters. The number of rotatable bonds is 4. The van der Waals surface area contributed by atoms with E-state index < -0.39 is 0 Å². The standard InChI is InChI=1S/C26H23N5O2S/c1-16-13-19(17(2)30(16)23-8-4-6-12-28-23)25-24(20-7-3-5-11-27-20)29-26(34)31(25)18-9-10-21-22(14-18)33-15-32-21/h3-14,24-25H,15H2,1-2H3,(H,29,34). The zero-order chi connectivity index (χ0) is 23.2. The number of ether oxygens (including phenoxy) is 2. The van der Waals surface area contributed by atoms with E-state index in [9.17, 15) is 0 Å². The molecule has 6 rings (SSSR count). The normalized spacial score (nSPS) is 18.9. The van der Waals surface area contributed by atoms with Gasteiger partial charge in [0.2, 0.25) is 6.79 Å². The van der Waals surface area contributed by atoms with Crippen molar-refractivity contribution in [3.05, 3.63) is 95.7 Å². The molecule has 2 aliphatic rings. The molecule has 0 radical (unpaired) electrons. The van der Waals surface area contributed by atoms with Crippen LogP contribution in [-0.2, 0) is 0 Å². The van der Waals surface area contributed by atoms with Gasteiger partial charge in [-0.1, -0.05) is 12.1 Å². The van der Waals surface area contributed by atoms with Crippen LogP contribution in [0.1, 0.15) is 34.7 Å². The lowest BCUT2D eigenvalue weighted by atomic mass is 9.96. The molecule has 0 bridgehead atoms. The van der Waals surface area contributed by atoms with E-state index >= 15 is 0 Å². The Morgan fingerprint density at radius 1 is 0.941 bits per heavy atom. The summed E-state index contributed by atoms with van der Waals surface area (Å²) >= 11 is 5.88. The average Bonchev–Trinajstić information content (AvgIpc) is 3.54. The molecule has 0 amide bonds. The number of hydrogen-bond donors (Lipinski definition) is 1. The van der Waals surface area contributed by atoms with Gasteiger partial charge in [0.25, 0.3) is 0 Å². The molecule has 34 heavy (non-hydrogen) atoms. The maximum absolute atomic E-state index is 5.88. The molecule has 2 aliphatic heterocycles. The number of aromatic nitrogens is 3. The lowest BCUT2D eigenvalue weighted by molar-refractivity contribution is 0.174. The van der Waals surface area contributed by atoms with Gasteiger partial charge in [0.05, 0.1) is 17.8 Å². The second kappa shape index (κ2) is 8.14. The second-order valence-corrected chi connectivity index (χ2v) is 8.77. The molecule has 0 saturated carbocycles. The third-order valence-corrected chi connectivity index (χ3v) is 6.71. The molecule has 7 nitrogen and oxygen atoms in total. The minimum absolute atomic E-state index is 0.119. The fraction of sp³-hybridized carbons (Fsp3) is 0.192. The second-order valence-electron chi connectivity index (χ2n) is 8.38. The van der Waals surface area contributed by atoms with Crippen LogP contribution >= 0.6 is 12.2 Å². The molecule has 3 aromatic heterocycles. The summed E-state index contributed by atoms with van der Waals surface area (Å²) in [5.41, 5.74) is 5.24. The number of fused-ring (bicyclic) bond motifs is 1. The Morgan fingerprint density at radius 3 is 2.50 bits per heavy atom. The third kappa shape index (κ3) is 3.30. The Balaban J connectivity index is 1.51. The van der Waals surface area contributed by atoms with E-state index in [0.29, 0.717) is 5.11 Å². The number of hydrogen-bond acceptors (Lipinski definition) is 5. The summed E-state index contributed by atoms with van der Waals surface area (Å²) in [7, 11) is 0. The van der Waals surface area contributed by atoms with Crippen molar-refractivity contribution in [1.29, 1.82) is 0 Å². The van der Waals surface area contributed by atoms with Gasteiger partial charge >= 0.3 is 0 Å². The van der Waals surface area contributed by atoms with Crippen LogP contribution in [0.4, 0.5) is 5.69 Å². The van der Waals surface area contributed by atoms with Crippen LogP contribution in [-0.4, -0.2) is 26.4 Å². The number of thiocarbonyl (C=S) groups is 1. The highest BCUT2D eigenvalue weighted by Gasteiger charge is 2.42. The number of anilines is 1. The van der Waals surface area contributed by atoms with Crippen molar-refractivity contribution < 1.29 is 9.47 Å². The number of aryl methyl sites for hydroxylation is 1. The van der Waals surface area contributed by atoms with Gasteiger partial charge in [-0.2, -0.15) is 0 Å². The third-order valence-electron chi connectivity index (χ3n) is 6.40. The number of benzene rings is 1. The quantitative estimate of drug-likeness (QED) is 0.431. The summed E-state index contributed by atoms with van der Waals surface area (Å²) in [5.74, 6) is 2.36. The zero-order valence-electron chi connectivity index (χ0n) is 18.8. The topological polar surface area (TPSA) is 64.4 Å². The highest BCUT2D eigenvalue weighted by Crippen LogP contribution is 2.45. The molecule has 0 spiro atoms. The van der Waals surface area contributed by atoms with E-state index in [-0.39, 0.29) is 18.9 Å². The summed E-state index contributed by atoms with van der Waals surface area (Å²) in [6, 6.07) is 19.8. The zero-order valence-corrected chi connectivity index (χ0v) is 19.6. The van der Waals surface area contributed by atoms with Gasteiger partial charge in [0, 0.05) is 35.5 Å². The average molecular weight is 470 g/mol. The molecule has 170 valence electrons. The molecule has 5 heterocycles. The molecule has 1 saturated heterocycles. The van der Waals surface area contributed by atoms with Crippen molar-refractivity contribution in [2.75, 3.05) is 11.7 Å². The lowest BCUT2D eigenvalue weighted by Crippen LogP contribution is -2.29. The first kappa shape index (κ1) is 20.7. The first-order valence-electron chi connectivity index (χ1n) is 11.1. The fourth-order valence-electron chi connectivity index (χ4n) is 4.91. The van der Waals surface area contributed by atoms with E-state index in [0.717, 1.165) is 45.6 Å². The van der Waals surface area contributed by atoms with E-state index in [1.165, 1.54) is 0 Å². The van der Waals surface area contributed by atoms with Gasteiger partial charge in [-0.05, 0) is 74.1 Å². The van der Waals surface area contributed by atoms with Crippen molar-refractivity contribution in [1.82, 2.24) is 19.9 Å². The van der Waals surface area contributed by atoms with Gasteiger partial charge in [0.1, 0.15) is 5.82 Å². The Bertz CT molecular complexity index is 1370. The van der Waals surface area contributed by atoms with Crippen LogP contribution in [0, 0.1) is 13.8 Å². The van der Waals surface area contributed by atoms with E-state index in [2.05, 4.69) is 44.7 Å². The number of nitrogens with zero attached hydrogens (tertiary/aromatic N) is 4. The predicted molar refractivity (Wildman–Crippen MR) is 134 cm³/mol. The van der Waals surface area contributed by atoms with Crippen LogP contribution in [0.2, 0.25) is 0 Å². The molecule has 4 aromatic rings. The predicted octanol–water partition coefficient (Wildman–Crippen LogP) is 4.79. The van der Waals surface area contributed by atoms with Crippen LogP contribution in [0.25, 0.3) is 5.82 Å². The van der Waals surface area contributed by atoms with Crippen molar-refractivity contribution in [2.24, 2.45) is 0 Å². The fourth-order valence-corrected chi connectivity index (χ4v) is 5.26. The highest BCUT2D eigenvalue weighted by atomic mass is 32.1. The molecule has 1 N–H and O–H groups in total. The van der Waals surface area contributed by atoms with Gasteiger partial charge in [-0.3, -0.25) is 4.98 Å². The number of pyridine rings is 2. The number of nitrogens with one attached hydrogen (secondary N) is 1. The largest absolute Gasteiger partial charge is 0.454 e. The van der Waals surface area contributed by atoms with Gasteiger partial charge in [0.15, 0.2) is 16.6 Å². The maximum Gasteiger partial charge on any atom is 0.231 e. The van der Waals surface area contributed by atoms with E-state index in [1.54, 1.807) is 0 Å². The van der Waals surface area contributed by atoms with Crippen molar-refractivity contribution in [3.63, 3.8) is 0 Å². The SMILES string of the molecule is Cc1cc(C2C(c3ccccn3)NC(=S)N2c2ccc3c(c2)OCO3)c(C)n1-c1ccccn1. The lowest BCUT2D eigenvalue weighted by Gasteiger charge is -2.28. The minimum Gasteiger partial charge on any atom is -0.454 e. The minimum atomic E-state index is -0.128. The summed E-state index contributed by atoms with van der Waals surface area (Å²) in [4.78, 5) is 11.4. The summed E-state index contributed by atoms with van der Waals surface area (Å²) < 4.78 is 13.4. The van der Waals surface area contributed by atoms with Gasteiger partial charge in [-0.15, -0.1) is 0 Å². The summed E-state index contributed by atoms with van der Waals surface area (Å²) in [6.07, 6.45) is 3.63.